The van der Waals surface area contributed by atoms with Gasteiger partial charge in [-0.1, -0.05) is 59.7 Å². The van der Waals surface area contributed by atoms with Crippen molar-refractivity contribution in [3.8, 4) is 11.3 Å². The molecule has 1 amide bonds. The van der Waals surface area contributed by atoms with Crippen molar-refractivity contribution in [1.82, 2.24) is 15.1 Å². The van der Waals surface area contributed by atoms with E-state index in [0.29, 0.717) is 12.2 Å². The largest absolute Gasteiger partial charge is 0.350 e. The number of benzene rings is 2. The lowest BCUT2D eigenvalue weighted by molar-refractivity contribution is -0.122. The zero-order chi connectivity index (χ0) is 18.5. The summed E-state index contributed by atoms with van der Waals surface area (Å²) in [6.45, 7) is 4.34. The SMILES string of the molecule is Cc1ccc(CNC(=O)Cn2nc(-c3ccc(C)cc3)ccc2=O)cc1. The van der Waals surface area contributed by atoms with Crippen LogP contribution in [0.3, 0.4) is 0 Å². The molecule has 0 aliphatic carbocycles. The van der Waals surface area contributed by atoms with E-state index in [1.807, 2.05) is 62.4 Å². The standard InChI is InChI=1S/C21H21N3O2/c1-15-3-7-17(8-4-15)13-22-20(25)14-24-21(26)12-11-19(23-24)18-9-5-16(2)6-10-18/h3-12H,13-14H2,1-2H3,(H,22,25). The van der Waals surface area contributed by atoms with Gasteiger partial charge in [-0.25, -0.2) is 4.68 Å². The fraction of sp³-hybridized carbons (Fsp3) is 0.190. The second kappa shape index (κ2) is 7.78. The molecule has 2 aromatic carbocycles. The number of carbonyl (C=O) groups excluding carboxylic acids is 1. The van der Waals surface area contributed by atoms with Crippen LogP contribution in [0, 0.1) is 13.8 Å². The van der Waals surface area contributed by atoms with Crippen LogP contribution in [0.15, 0.2) is 65.5 Å². The first-order chi connectivity index (χ1) is 12.5. The predicted molar refractivity (Wildman–Crippen MR) is 102 cm³/mol. The zero-order valence-corrected chi connectivity index (χ0v) is 14.9. The molecule has 0 saturated heterocycles. The Balaban J connectivity index is 1.69. The molecular formula is C21H21N3O2. The molecule has 0 aliphatic heterocycles. The summed E-state index contributed by atoms with van der Waals surface area (Å²) in [5.74, 6) is -0.249. The first-order valence-corrected chi connectivity index (χ1v) is 8.49. The lowest BCUT2D eigenvalue weighted by Crippen LogP contribution is -2.33. The molecule has 0 aliphatic rings. The monoisotopic (exact) mass is 347 g/mol. The average molecular weight is 347 g/mol. The number of aromatic nitrogens is 2. The van der Waals surface area contributed by atoms with Gasteiger partial charge >= 0.3 is 0 Å². The molecule has 1 aromatic heterocycles. The number of rotatable bonds is 5. The van der Waals surface area contributed by atoms with Crippen molar-refractivity contribution in [2.45, 2.75) is 26.9 Å². The van der Waals surface area contributed by atoms with E-state index < -0.39 is 0 Å². The third kappa shape index (κ3) is 4.45. The van der Waals surface area contributed by atoms with Crippen LogP contribution in [0.2, 0.25) is 0 Å². The van der Waals surface area contributed by atoms with Crippen LogP contribution in [-0.4, -0.2) is 15.7 Å². The van der Waals surface area contributed by atoms with Crippen molar-refractivity contribution in [2.24, 2.45) is 0 Å². The van der Waals surface area contributed by atoms with Crippen LogP contribution in [0.4, 0.5) is 0 Å². The van der Waals surface area contributed by atoms with E-state index >= 15 is 0 Å². The molecule has 0 bridgehead atoms. The van der Waals surface area contributed by atoms with Crippen LogP contribution in [-0.2, 0) is 17.9 Å². The fourth-order valence-corrected chi connectivity index (χ4v) is 2.54. The van der Waals surface area contributed by atoms with Crippen LogP contribution < -0.4 is 10.9 Å². The minimum absolute atomic E-state index is 0.107. The lowest BCUT2D eigenvalue weighted by atomic mass is 10.1. The Kier molecular flexibility index (Phi) is 5.27. The highest BCUT2D eigenvalue weighted by Crippen LogP contribution is 2.15. The Hall–Kier alpha value is -3.21. The van der Waals surface area contributed by atoms with Crippen LogP contribution >= 0.6 is 0 Å². The number of amides is 1. The van der Waals surface area contributed by atoms with Crippen LogP contribution in [0.25, 0.3) is 11.3 Å². The molecule has 132 valence electrons. The third-order valence-electron chi connectivity index (χ3n) is 4.12. The van der Waals surface area contributed by atoms with Crippen molar-refractivity contribution in [2.75, 3.05) is 0 Å². The molecule has 1 heterocycles. The van der Waals surface area contributed by atoms with E-state index in [2.05, 4.69) is 10.4 Å². The zero-order valence-electron chi connectivity index (χ0n) is 14.9. The number of nitrogens with zero attached hydrogens (tertiary/aromatic N) is 2. The van der Waals surface area contributed by atoms with Gasteiger partial charge in [0.2, 0.25) is 5.91 Å². The van der Waals surface area contributed by atoms with Crippen LogP contribution in [0.5, 0.6) is 0 Å². The second-order valence-corrected chi connectivity index (χ2v) is 6.34. The van der Waals surface area contributed by atoms with Crippen molar-refractivity contribution in [3.63, 3.8) is 0 Å². The van der Waals surface area contributed by atoms with Gasteiger partial charge in [0.05, 0.1) is 5.69 Å². The summed E-state index contributed by atoms with van der Waals surface area (Å²) < 4.78 is 1.19. The summed E-state index contributed by atoms with van der Waals surface area (Å²) in [6, 6.07) is 18.9. The highest BCUT2D eigenvalue weighted by molar-refractivity contribution is 5.75. The Labute approximate surface area is 152 Å². The number of carbonyl (C=O) groups is 1. The summed E-state index contributed by atoms with van der Waals surface area (Å²) in [6.07, 6.45) is 0. The molecule has 0 spiro atoms. The van der Waals surface area contributed by atoms with Gasteiger partial charge in [0, 0.05) is 18.2 Å². The molecule has 3 aromatic rings. The quantitative estimate of drug-likeness (QED) is 0.772. The van der Waals surface area contributed by atoms with Gasteiger partial charge in [-0.15, -0.1) is 0 Å². The highest BCUT2D eigenvalue weighted by atomic mass is 16.2. The summed E-state index contributed by atoms with van der Waals surface area (Å²) in [5.41, 5.74) is 4.60. The van der Waals surface area contributed by atoms with E-state index in [1.165, 1.54) is 16.3 Å². The fourth-order valence-electron chi connectivity index (χ4n) is 2.54. The molecule has 0 atom stereocenters. The minimum atomic E-state index is -0.300. The van der Waals surface area contributed by atoms with Crippen molar-refractivity contribution >= 4 is 5.91 Å². The number of aryl methyl sites for hydroxylation is 2. The molecule has 26 heavy (non-hydrogen) atoms. The Morgan fingerprint density at radius 1 is 0.923 bits per heavy atom. The summed E-state index contributed by atoms with van der Waals surface area (Å²) in [4.78, 5) is 24.2. The van der Waals surface area contributed by atoms with Gasteiger partial charge in [0.15, 0.2) is 0 Å². The summed E-state index contributed by atoms with van der Waals surface area (Å²) >= 11 is 0. The Bertz CT molecular complexity index is 958. The van der Waals surface area contributed by atoms with Gasteiger partial charge in [0.25, 0.3) is 5.56 Å². The van der Waals surface area contributed by atoms with Crippen molar-refractivity contribution in [1.29, 1.82) is 0 Å². The Morgan fingerprint density at radius 2 is 1.54 bits per heavy atom. The van der Waals surface area contributed by atoms with Crippen molar-refractivity contribution in [3.05, 3.63) is 87.7 Å². The van der Waals surface area contributed by atoms with Gasteiger partial charge in [-0.3, -0.25) is 9.59 Å². The molecular weight excluding hydrogens is 326 g/mol. The summed E-state index contributed by atoms with van der Waals surface area (Å²) in [5, 5.41) is 7.14. The smallest absolute Gasteiger partial charge is 0.267 e. The van der Waals surface area contributed by atoms with Gasteiger partial charge in [-0.05, 0) is 25.5 Å². The number of hydrogen-bond acceptors (Lipinski definition) is 3. The minimum Gasteiger partial charge on any atom is -0.350 e. The molecule has 5 nitrogen and oxygen atoms in total. The molecule has 0 saturated carbocycles. The second-order valence-electron chi connectivity index (χ2n) is 6.34. The topological polar surface area (TPSA) is 64.0 Å². The number of hydrogen-bond donors (Lipinski definition) is 1. The maximum atomic E-state index is 12.2. The van der Waals surface area contributed by atoms with E-state index in [9.17, 15) is 9.59 Å². The molecule has 0 unspecified atom stereocenters. The van der Waals surface area contributed by atoms with E-state index in [4.69, 9.17) is 0 Å². The van der Waals surface area contributed by atoms with Gasteiger partial charge in [0.1, 0.15) is 6.54 Å². The maximum Gasteiger partial charge on any atom is 0.267 e. The maximum absolute atomic E-state index is 12.2. The number of nitrogens with one attached hydrogen (secondary N) is 1. The Morgan fingerprint density at radius 3 is 2.19 bits per heavy atom. The van der Waals surface area contributed by atoms with E-state index in [0.717, 1.165) is 16.7 Å². The average Bonchev–Trinajstić information content (AvgIpc) is 2.64. The van der Waals surface area contributed by atoms with E-state index in [1.54, 1.807) is 6.07 Å². The highest BCUT2D eigenvalue weighted by Gasteiger charge is 2.08. The van der Waals surface area contributed by atoms with Gasteiger partial charge < -0.3 is 5.32 Å². The molecule has 0 radical (unpaired) electrons. The first-order valence-electron chi connectivity index (χ1n) is 8.49. The van der Waals surface area contributed by atoms with E-state index in [-0.39, 0.29) is 18.0 Å². The molecule has 0 fully saturated rings. The van der Waals surface area contributed by atoms with Crippen molar-refractivity contribution < 1.29 is 4.79 Å². The lowest BCUT2D eigenvalue weighted by Gasteiger charge is -2.09. The van der Waals surface area contributed by atoms with Crippen LogP contribution in [0.1, 0.15) is 16.7 Å². The summed E-state index contributed by atoms with van der Waals surface area (Å²) in [7, 11) is 0. The molecule has 5 heteroatoms. The molecule has 3 rings (SSSR count). The normalized spacial score (nSPS) is 10.5. The van der Waals surface area contributed by atoms with Gasteiger partial charge in [-0.2, -0.15) is 5.10 Å². The third-order valence-corrected chi connectivity index (χ3v) is 4.12. The molecule has 1 N–H and O–H groups in total. The predicted octanol–water partition coefficient (Wildman–Crippen LogP) is 2.84. The first kappa shape index (κ1) is 17.6.